The van der Waals surface area contributed by atoms with E-state index in [2.05, 4.69) is 53.4 Å². The third-order valence-corrected chi connectivity index (χ3v) is 9.33. The van der Waals surface area contributed by atoms with Crippen molar-refractivity contribution in [2.75, 3.05) is 18.0 Å². The second-order valence-electron chi connectivity index (χ2n) is 8.28. The summed E-state index contributed by atoms with van der Waals surface area (Å²) in [6, 6.07) is 18.2. The second-order valence-corrected chi connectivity index (χ2v) is 10.4. The summed E-state index contributed by atoms with van der Waals surface area (Å²) in [4.78, 5) is 8.79. The molecule has 0 saturated heterocycles. The number of hydrogen-bond donors (Lipinski definition) is 0. The molecule has 1 nitrogen and oxygen atoms in total. The van der Waals surface area contributed by atoms with Crippen LogP contribution < -0.4 is 21.3 Å². The third kappa shape index (κ3) is 2.03. The fraction of sp³-hybridized carbons (Fsp3) is 0.250. The van der Waals surface area contributed by atoms with Crippen LogP contribution in [-0.4, -0.2) is 19.8 Å². The number of hydrogen-bond acceptors (Lipinski definition) is 3. The fourth-order valence-electron chi connectivity index (χ4n) is 5.72. The van der Waals surface area contributed by atoms with Gasteiger partial charge in [0.2, 0.25) is 6.71 Å². The van der Waals surface area contributed by atoms with Crippen LogP contribution in [0.4, 0.5) is 5.69 Å². The van der Waals surface area contributed by atoms with E-state index in [0.29, 0.717) is 6.71 Å². The number of anilines is 1. The predicted molar refractivity (Wildman–Crippen MR) is 121 cm³/mol. The Hall–Kier alpha value is -1.78. The van der Waals surface area contributed by atoms with Crippen LogP contribution in [-0.2, 0) is 12.8 Å². The van der Waals surface area contributed by atoms with Gasteiger partial charge in [-0.25, -0.2) is 0 Å². The fourth-order valence-corrected chi connectivity index (χ4v) is 8.43. The predicted octanol–water partition coefficient (Wildman–Crippen LogP) is 3.83. The molecule has 0 aromatic heterocycles. The van der Waals surface area contributed by atoms with Gasteiger partial charge in [-0.1, -0.05) is 70.8 Å². The maximum atomic E-state index is 2.70. The first-order chi connectivity index (χ1) is 13.9. The van der Waals surface area contributed by atoms with Gasteiger partial charge in [-0.15, -0.1) is 0 Å². The van der Waals surface area contributed by atoms with Crippen molar-refractivity contribution in [2.45, 2.75) is 45.3 Å². The first kappa shape index (κ1) is 16.1. The van der Waals surface area contributed by atoms with E-state index in [-0.39, 0.29) is 0 Å². The van der Waals surface area contributed by atoms with Crippen LogP contribution in [0, 0.1) is 0 Å². The standard InChI is InChI=1S/C24H20BNS2/c1-3-11-19-17(9-1)25-18-10-2-4-12-20(18)28-24-16-8-6-14-26-13-5-7-15(22(16)26)23(27-19)21(24)25/h1-4,9-12H,5-8,13-14H2. The molecule has 136 valence electrons. The molecule has 0 bridgehead atoms. The van der Waals surface area contributed by atoms with E-state index in [1.807, 2.05) is 23.5 Å². The Morgan fingerprint density at radius 1 is 0.714 bits per heavy atom. The van der Waals surface area contributed by atoms with Crippen molar-refractivity contribution in [3.05, 3.63) is 59.7 Å². The smallest absolute Gasteiger partial charge is 0.247 e. The lowest BCUT2D eigenvalue weighted by atomic mass is 9.36. The minimum Gasteiger partial charge on any atom is -0.371 e. The number of rotatable bonds is 0. The quantitative estimate of drug-likeness (QED) is 0.366. The highest BCUT2D eigenvalue weighted by Gasteiger charge is 2.42. The Bertz CT molecular complexity index is 1070. The lowest BCUT2D eigenvalue weighted by Gasteiger charge is -2.43. The minimum absolute atomic E-state index is 0.402. The van der Waals surface area contributed by atoms with Gasteiger partial charge in [0.1, 0.15) is 0 Å². The zero-order valence-electron chi connectivity index (χ0n) is 15.7. The summed E-state index contributed by atoms with van der Waals surface area (Å²) in [6.45, 7) is 2.88. The molecule has 0 radical (unpaired) electrons. The highest BCUT2D eigenvalue weighted by atomic mass is 32.2. The molecule has 7 rings (SSSR count). The van der Waals surface area contributed by atoms with E-state index in [0.717, 1.165) is 0 Å². The largest absolute Gasteiger partial charge is 0.371 e. The molecular weight excluding hydrogens is 377 g/mol. The summed E-state index contributed by atoms with van der Waals surface area (Å²) < 4.78 is 0. The van der Waals surface area contributed by atoms with E-state index in [1.54, 1.807) is 32.1 Å². The van der Waals surface area contributed by atoms with Crippen LogP contribution in [0.5, 0.6) is 0 Å². The average Bonchev–Trinajstić information content (AvgIpc) is 2.76. The van der Waals surface area contributed by atoms with E-state index in [9.17, 15) is 0 Å². The van der Waals surface area contributed by atoms with Crippen molar-refractivity contribution >= 4 is 52.3 Å². The molecule has 4 heteroatoms. The van der Waals surface area contributed by atoms with Crippen molar-refractivity contribution < 1.29 is 0 Å². The molecule has 0 saturated carbocycles. The van der Waals surface area contributed by atoms with Crippen molar-refractivity contribution in [3.8, 4) is 0 Å². The van der Waals surface area contributed by atoms with E-state index >= 15 is 0 Å². The molecule has 0 spiro atoms. The summed E-state index contributed by atoms with van der Waals surface area (Å²) >= 11 is 4.09. The van der Waals surface area contributed by atoms with Crippen LogP contribution in [0.2, 0.25) is 0 Å². The van der Waals surface area contributed by atoms with Crippen molar-refractivity contribution in [1.82, 2.24) is 0 Å². The average molecular weight is 397 g/mol. The maximum absolute atomic E-state index is 2.70. The van der Waals surface area contributed by atoms with Gasteiger partial charge < -0.3 is 4.90 Å². The monoisotopic (exact) mass is 397 g/mol. The Kier molecular flexibility index (Phi) is 3.37. The number of nitrogens with zero attached hydrogens (tertiary/aromatic N) is 1. The first-order valence-corrected chi connectivity index (χ1v) is 12.0. The molecule has 0 N–H and O–H groups in total. The van der Waals surface area contributed by atoms with Crippen LogP contribution in [0.3, 0.4) is 0 Å². The van der Waals surface area contributed by atoms with E-state index in [4.69, 9.17) is 0 Å². The zero-order chi connectivity index (χ0) is 18.2. The van der Waals surface area contributed by atoms with E-state index in [1.165, 1.54) is 59.5 Å². The minimum atomic E-state index is 0.402. The molecule has 0 atom stereocenters. The molecule has 0 unspecified atom stereocenters. The highest BCUT2D eigenvalue weighted by Crippen LogP contribution is 2.49. The Balaban J connectivity index is 1.61. The molecule has 3 aromatic carbocycles. The first-order valence-electron chi connectivity index (χ1n) is 10.4. The van der Waals surface area contributed by atoms with Gasteiger partial charge in [-0.3, -0.25) is 0 Å². The van der Waals surface area contributed by atoms with Gasteiger partial charge in [0.25, 0.3) is 0 Å². The molecule has 0 amide bonds. The second kappa shape index (κ2) is 5.87. The Morgan fingerprint density at radius 2 is 1.25 bits per heavy atom. The molecule has 28 heavy (non-hydrogen) atoms. The van der Waals surface area contributed by atoms with Crippen LogP contribution in [0.15, 0.2) is 68.1 Å². The number of benzene rings is 3. The van der Waals surface area contributed by atoms with Crippen molar-refractivity contribution in [1.29, 1.82) is 0 Å². The molecule has 4 aliphatic rings. The van der Waals surface area contributed by atoms with Gasteiger partial charge in [-0.05, 0) is 54.4 Å². The summed E-state index contributed by atoms with van der Waals surface area (Å²) in [6.07, 6.45) is 5.09. The van der Waals surface area contributed by atoms with Crippen molar-refractivity contribution in [3.63, 3.8) is 0 Å². The SMILES string of the molecule is c1ccc2c(c1)Sc1c3c4c(c5c1B2c1ccccc1S5)CCCN4CCC3. The summed E-state index contributed by atoms with van der Waals surface area (Å²) in [5.74, 6) is 0. The summed E-state index contributed by atoms with van der Waals surface area (Å²) in [5, 5.41) is 0. The Morgan fingerprint density at radius 3 is 1.82 bits per heavy atom. The Labute approximate surface area is 175 Å². The molecule has 0 fully saturated rings. The summed E-state index contributed by atoms with van der Waals surface area (Å²) in [5.41, 5.74) is 9.57. The lowest BCUT2D eigenvalue weighted by Crippen LogP contribution is -2.59. The molecule has 4 heterocycles. The zero-order valence-corrected chi connectivity index (χ0v) is 17.3. The van der Waals surface area contributed by atoms with Gasteiger partial charge in [0, 0.05) is 38.4 Å². The lowest BCUT2D eigenvalue weighted by molar-refractivity contribution is 0.623. The normalized spacial score (nSPS) is 18.1. The molecule has 3 aromatic rings. The van der Waals surface area contributed by atoms with Gasteiger partial charge in [0.05, 0.1) is 0 Å². The van der Waals surface area contributed by atoms with Gasteiger partial charge in [-0.2, -0.15) is 0 Å². The topological polar surface area (TPSA) is 3.24 Å². The molecule has 4 aliphatic heterocycles. The van der Waals surface area contributed by atoms with E-state index < -0.39 is 0 Å². The van der Waals surface area contributed by atoms with Gasteiger partial charge >= 0.3 is 0 Å². The summed E-state index contributed by atoms with van der Waals surface area (Å²) in [7, 11) is 0. The van der Waals surface area contributed by atoms with Crippen LogP contribution >= 0.6 is 23.5 Å². The van der Waals surface area contributed by atoms with Crippen LogP contribution in [0.1, 0.15) is 24.0 Å². The highest BCUT2D eigenvalue weighted by molar-refractivity contribution is 8.01. The number of fused-ring (bicyclic) bond motifs is 6. The third-order valence-electron chi connectivity index (χ3n) is 6.81. The van der Waals surface area contributed by atoms with Crippen LogP contribution in [0.25, 0.3) is 0 Å². The van der Waals surface area contributed by atoms with Crippen molar-refractivity contribution in [2.24, 2.45) is 0 Å². The van der Waals surface area contributed by atoms with Gasteiger partial charge in [0.15, 0.2) is 0 Å². The molecule has 0 aliphatic carbocycles. The molecular formula is C24H20BNS2. The maximum Gasteiger partial charge on any atom is 0.247 e.